The Balaban J connectivity index is 2.95. The molecule has 0 aliphatic carbocycles. The van der Waals surface area contributed by atoms with Gasteiger partial charge in [0.1, 0.15) is 11.5 Å². The van der Waals surface area contributed by atoms with Crippen LogP contribution in [-0.4, -0.2) is 12.9 Å². The highest BCUT2D eigenvalue weighted by molar-refractivity contribution is 5.76. The molecule has 0 aliphatic rings. The molecule has 0 saturated heterocycles. The molecule has 0 aromatic heterocycles. The van der Waals surface area contributed by atoms with Crippen molar-refractivity contribution in [1.29, 1.82) is 0 Å². The van der Waals surface area contributed by atoms with Crippen molar-refractivity contribution in [3.05, 3.63) is 29.8 Å². The number of methoxy groups -OCH3 is 1. The van der Waals surface area contributed by atoms with E-state index in [-0.39, 0.29) is 11.7 Å². The monoisotopic (exact) mass is 206 g/mol. The summed E-state index contributed by atoms with van der Waals surface area (Å²) in [5, 5.41) is 0. The van der Waals surface area contributed by atoms with Gasteiger partial charge in [-0.3, -0.25) is 0 Å². The molecular formula is C13H18O2. The number of benzene rings is 1. The number of hydrogen-bond acceptors (Lipinski definition) is 2. The number of carbonyl (C=O) groups is 1. The summed E-state index contributed by atoms with van der Waals surface area (Å²) < 4.78 is 5.30. The van der Waals surface area contributed by atoms with Gasteiger partial charge in [0.2, 0.25) is 0 Å². The summed E-state index contributed by atoms with van der Waals surface area (Å²) >= 11 is 0. The SMILES string of the molecule is CCC(CC(C)=O)c1ccccc1OC. The number of hydrogen-bond donors (Lipinski definition) is 0. The first-order valence-corrected chi connectivity index (χ1v) is 5.31. The number of rotatable bonds is 5. The van der Waals surface area contributed by atoms with Gasteiger partial charge >= 0.3 is 0 Å². The third-order valence-electron chi connectivity index (χ3n) is 2.61. The molecule has 1 atom stereocenters. The van der Waals surface area contributed by atoms with Gasteiger partial charge < -0.3 is 9.53 Å². The van der Waals surface area contributed by atoms with Crippen LogP contribution in [0.1, 0.15) is 38.2 Å². The summed E-state index contributed by atoms with van der Waals surface area (Å²) in [5.74, 6) is 1.39. The van der Waals surface area contributed by atoms with Crippen LogP contribution in [0.5, 0.6) is 5.75 Å². The second-order valence-corrected chi connectivity index (χ2v) is 3.75. The van der Waals surface area contributed by atoms with Crippen molar-refractivity contribution in [1.82, 2.24) is 0 Å². The average Bonchev–Trinajstić information content (AvgIpc) is 2.25. The summed E-state index contributed by atoms with van der Waals surface area (Å²) in [5.41, 5.74) is 1.14. The number of carbonyl (C=O) groups excluding carboxylic acids is 1. The topological polar surface area (TPSA) is 26.3 Å². The summed E-state index contributed by atoms with van der Waals surface area (Å²) in [7, 11) is 1.67. The van der Waals surface area contributed by atoms with Crippen LogP contribution in [0.3, 0.4) is 0 Å². The van der Waals surface area contributed by atoms with Crippen molar-refractivity contribution in [2.24, 2.45) is 0 Å². The van der Waals surface area contributed by atoms with Crippen LogP contribution in [0, 0.1) is 0 Å². The van der Waals surface area contributed by atoms with Crippen molar-refractivity contribution in [2.75, 3.05) is 7.11 Å². The lowest BCUT2D eigenvalue weighted by Crippen LogP contribution is -2.05. The Morgan fingerprint density at radius 3 is 2.60 bits per heavy atom. The van der Waals surface area contributed by atoms with Crippen molar-refractivity contribution >= 4 is 5.78 Å². The minimum Gasteiger partial charge on any atom is -0.496 e. The molecule has 0 amide bonds. The highest BCUT2D eigenvalue weighted by Gasteiger charge is 2.15. The van der Waals surface area contributed by atoms with E-state index in [9.17, 15) is 4.79 Å². The van der Waals surface area contributed by atoms with Crippen LogP contribution in [0.15, 0.2) is 24.3 Å². The molecule has 0 aliphatic heterocycles. The molecular weight excluding hydrogens is 188 g/mol. The Bertz CT molecular complexity index is 331. The van der Waals surface area contributed by atoms with Gasteiger partial charge in [-0.05, 0) is 30.9 Å². The van der Waals surface area contributed by atoms with Gasteiger partial charge in [-0.2, -0.15) is 0 Å². The van der Waals surface area contributed by atoms with E-state index in [4.69, 9.17) is 4.74 Å². The van der Waals surface area contributed by atoms with E-state index in [1.165, 1.54) is 0 Å². The van der Waals surface area contributed by atoms with E-state index in [0.29, 0.717) is 6.42 Å². The van der Waals surface area contributed by atoms with E-state index in [1.807, 2.05) is 24.3 Å². The first kappa shape index (κ1) is 11.8. The highest BCUT2D eigenvalue weighted by atomic mass is 16.5. The molecule has 0 spiro atoms. The van der Waals surface area contributed by atoms with Gasteiger partial charge in [0, 0.05) is 6.42 Å². The maximum absolute atomic E-state index is 11.1. The zero-order valence-corrected chi connectivity index (χ0v) is 9.62. The van der Waals surface area contributed by atoms with Gasteiger partial charge in [-0.1, -0.05) is 25.1 Å². The standard InChI is InChI=1S/C13H18O2/c1-4-11(9-10(2)14)12-7-5-6-8-13(12)15-3/h5-8,11H,4,9H2,1-3H3. The van der Waals surface area contributed by atoms with Crippen molar-refractivity contribution in [2.45, 2.75) is 32.6 Å². The molecule has 0 saturated carbocycles. The van der Waals surface area contributed by atoms with E-state index >= 15 is 0 Å². The van der Waals surface area contributed by atoms with Crippen LogP contribution in [0.25, 0.3) is 0 Å². The normalized spacial score (nSPS) is 12.2. The zero-order valence-electron chi connectivity index (χ0n) is 9.62. The summed E-state index contributed by atoms with van der Waals surface area (Å²) in [6.45, 7) is 3.73. The van der Waals surface area contributed by atoms with Crippen molar-refractivity contribution < 1.29 is 9.53 Å². The predicted octanol–water partition coefficient (Wildman–Crippen LogP) is 3.17. The summed E-state index contributed by atoms with van der Waals surface area (Å²) in [6.07, 6.45) is 1.55. The lowest BCUT2D eigenvalue weighted by Gasteiger charge is -2.16. The van der Waals surface area contributed by atoms with Gasteiger partial charge in [-0.15, -0.1) is 0 Å². The van der Waals surface area contributed by atoms with E-state index in [2.05, 4.69) is 6.92 Å². The molecule has 2 heteroatoms. The molecule has 82 valence electrons. The molecule has 1 rings (SSSR count). The molecule has 0 bridgehead atoms. The highest BCUT2D eigenvalue weighted by Crippen LogP contribution is 2.31. The number of Topliss-reactive ketones (excluding diaryl/α,β-unsaturated/α-hetero) is 1. The molecule has 0 N–H and O–H groups in total. The van der Waals surface area contributed by atoms with Crippen LogP contribution in [0.4, 0.5) is 0 Å². The third-order valence-corrected chi connectivity index (χ3v) is 2.61. The molecule has 0 heterocycles. The second-order valence-electron chi connectivity index (χ2n) is 3.75. The fourth-order valence-corrected chi connectivity index (χ4v) is 1.82. The van der Waals surface area contributed by atoms with Crippen molar-refractivity contribution in [3.63, 3.8) is 0 Å². The fourth-order valence-electron chi connectivity index (χ4n) is 1.82. The van der Waals surface area contributed by atoms with Crippen LogP contribution in [0.2, 0.25) is 0 Å². The Hall–Kier alpha value is -1.31. The predicted molar refractivity (Wildman–Crippen MR) is 61.3 cm³/mol. The minimum absolute atomic E-state index is 0.229. The Morgan fingerprint density at radius 1 is 1.40 bits per heavy atom. The molecule has 0 fully saturated rings. The molecule has 1 aromatic rings. The first-order valence-electron chi connectivity index (χ1n) is 5.31. The van der Waals surface area contributed by atoms with Gasteiger partial charge in [-0.25, -0.2) is 0 Å². The van der Waals surface area contributed by atoms with Gasteiger partial charge in [0.15, 0.2) is 0 Å². The lowest BCUT2D eigenvalue weighted by atomic mass is 9.91. The molecule has 2 nitrogen and oxygen atoms in total. The smallest absolute Gasteiger partial charge is 0.130 e. The van der Waals surface area contributed by atoms with E-state index in [1.54, 1.807) is 14.0 Å². The maximum atomic E-state index is 11.1. The number of para-hydroxylation sites is 1. The molecule has 0 radical (unpaired) electrons. The Kier molecular flexibility index (Phi) is 4.35. The quantitative estimate of drug-likeness (QED) is 0.739. The minimum atomic E-state index is 0.229. The maximum Gasteiger partial charge on any atom is 0.130 e. The summed E-state index contributed by atoms with van der Waals surface area (Å²) in [6, 6.07) is 7.91. The van der Waals surface area contributed by atoms with Crippen LogP contribution in [-0.2, 0) is 4.79 Å². The van der Waals surface area contributed by atoms with Crippen LogP contribution < -0.4 is 4.74 Å². The average molecular weight is 206 g/mol. The Labute approximate surface area is 91.3 Å². The van der Waals surface area contributed by atoms with Crippen LogP contribution >= 0.6 is 0 Å². The van der Waals surface area contributed by atoms with E-state index < -0.39 is 0 Å². The molecule has 15 heavy (non-hydrogen) atoms. The first-order chi connectivity index (χ1) is 7.19. The van der Waals surface area contributed by atoms with Gasteiger partial charge in [0.25, 0.3) is 0 Å². The van der Waals surface area contributed by atoms with E-state index in [0.717, 1.165) is 17.7 Å². The summed E-state index contributed by atoms with van der Waals surface area (Å²) in [4.78, 5) is 11.1. The zero-order chi connectivity index (χ0) is 11.3. The number of ketones is 1. The Morgan fingerprint density at radius 2 is 2.07 bits per heavy atom. The number of ether oxygens (including phenoxy) is 1. The largest absolute Gasteiger partial charge is 0.496 e. The third kappa shape index (κ3) is 3.08. The molecule has 1 unspecified atom stereocenters. The van der Waals surface area contributed by atoms with Crippen molar-refractivity contribution in [3.8, 4) is 5.75 Å². The molecule has 1 aromatic carbocycles. The van der Waals surface area contributed by atoms with Gasteiger partial charge in [0.05, 0.1) is 7.11 Å². The second kappa shape index (κ2) is 5.54. The lowest BCUT2D eigenvalue weighted by molar-refractivity contribution is -0.117. The fraction of sp³-hybridized carbons (Fsp3) is 0.462.